The first kappa shape index (κ1) is 64.4. The molecule has 0 radical (unpaired) electrons. The molecule has 0 bridgehead atoms. The summed E-state index contributed by atoms with van der Waals surface area (Å²) in [4.78, 5) is 23.3. The Bertz CT molecular complexity index is 2020. The minimum atomic E-state index is -0.979. The maximum Gasteiger partial charge on any atom is 2.00 e. The van der Waals surface area contributed by atoms with Crippen LogP contribution in [0.1, 0.15) is 134 Å². The van der Waals surface area contributed by atoms with E-state index in [0.29, 0.717) is 50.3 Å². The molecule has 0 aliphatic heterocycles. The number of esters is 2. The summed E-state index contributed by atoms with van der Waals surface area (Å²) in [6.45, 7) is 27.1. The molecule has 4 aromatic rings. The van der Waals surface area contributed by atoms with Gasteiger partial charge in [-0.2, -0.15) is 13.8 Å². The summed E-state index contributed by atoms with van der Waals surface area (Å²) in [7, 11) is 1.47. The summed E-state index contributed by atoms with van der Waals surface area (Å²) in [5.41, 5.74) is 5.17. The van der Waals surface area contributed by atoms with Crippen LogP contribution in [0.2, 0.25) is 20.1 Å². The van der Waals surface area contributed by atoms with Gasteiger partial charge >= 0.3 is 35.0 Å². The molecule has 1 N–H and O–H groups in total. The van der Waals surface area contributed by atoms with E-state index < -0.39 is 29.2 Å². The second-order valence-electron chi connectivity index (χ2n) is 16.9. The van der Waals surface area contributed by atoms with Crippen molar-refractivity contribution in [2.24, 2.45) is 0 Å². The van der Waals surface area contributed by atoms with Crippen molar-refractivity contribution in [2.45, 2.75) is 126 Å². The second-order valence-corrected chi connectivity index (χ2v) is 19.8. The fourth-order valence-electron chi connectivity index (χ4n) is 5.60. The first-order chi connectivity index (χ1) is 28.6. The van der Waals surface area contributed by atoms with E-state index in [0.717, 1.165) is 5.56 Å². The minimum absolute atomic E-state index is 0. The number of halogens is 6. The van der Waals surface area contributed by atoms with Crippen molar-refractivity contribution >= 4 is 104 Å². The van der Waals surface area contributed by atoms with Crippen LogP contribution in [-0.2, 0) is 19.1 Å². The van der Waals surface area contributed by atoms with Gasteiger partial charge in [0.1, 0.15) is 28.8 Å². The zero-order valence-corrected chi connectivity index (χ0v) is 48.0. The van der Waals surface area contributed by atoms with Crippen LogP contribution in [0.5, 0.6) is 17.2 Å². The average molecular weight is 1150 g/mol. The fraction of sp³-hybridized carbons (Fsp3) is 0.449. The molecule has 0 heterocycles. The van der Waals surface area contributed by atoms with E-state index in [1.807, 2.05) is 45.4 Å². The molecule has 4 rings (SSSR count). The number of methoxy groups -OCH3 is 1. The number of carbonyl (C=O) groups is 2. The van der Waals surface area contributed by atoms with Gasteiger partial charge in [0.25, 0.3) is 0 Å². The number of hydrogen-bond donors (Lipinski definition) is 1. The first-order valence-electron chi connectivity index (χ1n) is 20.1. The summed E-state index contributed by atoms with van der Waals surface area (Å²) in [5.74, 6) is 1.09. The Morgan fingerprint density at radius 3 is 1.38 bits per heavy atom. The number of aliphatic hydroxyl groups is 1. The molecular weight excluding hydrogens is 1090 g/mol. The maximum absolute atomic E-state index is 11.8. The Labute approximate surface area is 443 Å². The summed E-state index contributed by atoms with van der Waals surface area (Å²) in [6.07, 6.45) is 1.02. The molecule has 4 aromatic carbocycles. The zero-order chi connectivity index (χ0) is 47.7. The van der Waals surface area contributed by atoms with E-state index in [9.17, 15) is 14.7 Å². The first-order valence-corrected chi connectivity index (χ1v) is 22.7. The molecule has 0 aliphatic carbocycles. The van der Waals surface area contributed by atoms with Crippen LogP contribution >= 0.6 is 69.0 Å². The predicted molar refractivity (Wildman–Crippen MR) is 271 cm³/mol. The molecule has 0 saturated carbocycles. The molecular formula is C49H64BrCl4IMgO8. The third-order valence-electron chi connectivity index (χ3n) is 8.16. The minimum Gasteiger partial charge on any atom is -1.00 e. The van der Waals surface area contributed by atoms with Crippen molar-refractivity contribution in [1.29, 1.82) is 0 Å². The number of hydrogen-bond acceptors (Lipinski definition) is 8. The van der Waals surface area contributed by atoms with E-state index in [1.165, 1.54) is 51.6 Å². The van der Waals surface area contributed by atoms with Crippen LogP contribution in [-0.4, -0.2) is 71.6 Å². The normalized spacial score (nSPS) is 11.2. The van der Waals surface area contributed by atoms with Crippen molar-refractivity contribution in [3.63, 3.8) is 0 Å². The number of ether oxygens (including phenoxy) is 5. The van der Waals surface area contributed by atoms with Gasteiger partial charge in [-0.05, 0) is 142 Å². The number of benzene rings is 4. The van der Waals surface area contributed by atoms with Crippen LogP contribution < -0.4 is 31.2 Å². The average Bonchev–Trinajstić information content (AvgIpc) is 3.13. The van der Waals surface area contributed by atoms with Gasteiger partial charge in [0.15, 0.2) is 19.0 Å². The molecule has 0 spiro atoms. The van der Waals surface area contributed by atoms with Crippen LogP contribution in [0, 0.1) is 23.8 Å². The standard InChI is InChI=1S/C23H28Cl2O4.C13H16Cl2O4.C10H13I.C3H7.BrH.Mg/c1-13(2)17-9-15(8-7-14(17)3)22(27)21-18(24)10-16(11-19(21)25)28-12-20(26)29-23(4,5)6;1-13(2,3)19-11(16)7-18-8-5-9(14)12(17-4)10(15)6-8;1-7(2)10-6-9(11)5-4-8(10)3;1-3-2;;/h7-11,13,22,27H,12H2,1-6H3;5-6H,7H2,1-4H3;4-7H,1-3H3;3H,1-2H3;1H;/q;;;-1;;+2/p-1. The molecule has 0 fully saturated rings. The van der Waals surface area contributed by atoms with E-state index in [-0.39, 0.29) is 63.3 Å². The fourth-order valence-corrected chi connectivity index (χ4v) is 7.41. The summed E-state index contributed by atoms with van der Waals surface area (Å²) in [5, 5.41) is 12.1. The molecule has 0 amide bonds. The Balaban J connectivity index is 0. The zero-order valence-electron chi connectivity index (χ0n) is 39.8. The van der Waals surface area contributed by atoms with Crippen LogP contribution in [0.25, 0.3) is 0 Å². The van der Waals surface area contributed by atoms with Gasteiger partial charge in [0.05, 0.1) is 27.2 Å². The van der Waals surface area contributed by atoms with Gasteiger partial charge in [0.2, 0.25) is 0 Å². The number of rotatable bonds is 11. The number of carbonyl (C=O) groups excluding carboxylic acids is 2. The van der Waals surface area contributed by atoms with Gasteiger partial charge in [-0.3, -0.25) is 0 Å². The van der Waals surface area contributed by atoms with Crippen molar-refractivity contribution in [1.82, 2.24) is 0 Å². The summed E-state index contributed by atoms with van der Waals surface area (Å²) < 4.78 is 27.4. The SMILES string of the molecule is COc1c(Cl)cc(OCC(=O)OC(C)(C)C)cc1Cl.C[CH-]C.Cc1ccc(C(O)c2c(Cl)cc(OCC(=O)OC(C)(C)C)cc2Cl)cc1C(C)C.Cc1ccc(I)cc1C(C)C.[Br-].[Mg+2]. The Morgan fingerprint density at radius 1 is 0.672 bits per heavy atom. The smallest absolute Gasteiger partial charge is 1.00 e. The van der Waals surface area contributed by atoms with E-state index >= 15 is 0 Å². The largest absolute Gasteiger partial charge is 2.00 e. The molecule has 0 aliphatic rings. The summed E-state index contributed by atoms with van der Waals surface area (Å²) in [6, 6.07) is 18.6. The second kappa shape index (κ2) is 30.6. The quantitative estimate of drug-likeness (QED) is 0.0686. The van der Waals surface area contributed by atoms with Gasteiger partial charge in [-0.25, -0.2) is 9.59 Å². The molecule has 8 nitrogen and oxygen atoms in total. The van der Waals surface area contributed by atoms with Crippen LogP contribution in [0.4, 0.5) is 0 Å². The van der Waals surface area contributed by atoms with Crippen LogP contribution in [0.3, 0.4) is 0 Å². The van der Waals surface area contributed by atoms with Crippen molar-refractivity contribution in [2.75, 3.05) is 20.3 Å². The molecule has 15 heteroatoms. The molecule has 352 valence electrons. The van der Waals surface area contributed by atoms with Gasteiger partial charge < -0.3 is 52.2 Å². The topological polar surface area (TPSA) is 101 Å². The maximum atomic E-state index is 11.8. The van der Waals surface area contributed by atoms with Gasteiger partial charge in [0, 0.05) is 21.3 Å². The molecule has 1 atom stereocenters. The summed E-state index contributed by atoms with van der Waals surface area (Å²) >= 11 is 27.0. The van der Waals surface area contributed by atoms with E-state index in [2.05, 4.69) is 75.4 Å². The Hall–Kier alpha value is -1.68. The monoisotopic (exact) mass is 1150 g/mol. The van der Waals surface area contributed by atoms with Crippen molar-refractivity contribution in [3.8, 4) is 17.2 Å². The van der Waals surface area contributed by atoms with Crippen molar-refractivity contribution < 1.29 is 55.4 Å². The Kier molecular flexibility index (Phi) is 30.8. The molecule has 64 heavy (non-hydrogen) atoms. The molecule has 0 saturated heterocycles. The van der Waals surface area contributed by atoms with Gasteiger partial charge in [-0.1, -0.05) is 98.4 Å². The van der Waals surface area contributed by atoms with Crippen molar-refractivity contribution in [3.05, 3.63) is 124 Å². The third kappa shape index (κ3) is 23.9. The molecule has 0 aromatic heterocycles. The predicted octanol–water partition coefficient (Wildman–Crippen LogP) is 11.5. The number of aliphatic hydroxyl groups excluding tert-OH is 1. The van der Waals surface area contributed by atoms with Crippen LogP contribution in [0.15, 0.2) is 60.7 Å². The third-order valence-corrected chi connectivity index (χ3v) is 10.0. The van der Waals surface area contributed by atoms with E-state index in [4.69, 9.17) is 70.1 Å². The van der Waals surface area contributed by atoms with Gasteiger partial charge in [-0.15, -0.1) is 0 Å². The molecule has 1 unspecified atom stereocenters. The Morgan fingerprint density at radius 2 is 1.03 bits per heavy atom. The van der Waals surface area contributed by atoms with E-state index in [1.54, 1.807) is 41.5 Å². The number of aryl methyl sites for hydroxylation is 2.